The van der Waals surface area contributed by atoms with E-state index in [0.29, 0.717) is 5.82 Å². The third-order valence-electron chi connectivity index (χ3n) is 5.27. The van der Waals surface area contributed by atoms with Crippen LogP contribution in [0.1, 0.15) is 51.0 Å². The number of rotatable bonds is 5. The Morgan fingerprint density at radius 2 is 1.85 bits per heavy atom. The highest BCUT2D eigenvalue weighted by Gasteiger charge is 2.48. The first kappa shape index (κ1) is 19.5. The van der Waals surface area contributed by atoms with Crippen LogP contribution in [0, 0.1) is 5.41 Å². The number of nitrogens with zero attached hydrogens (tertiary/aromatic N) is 2. The minimum Gasteiger partial charge on any atom is -0.309 e. The number of aromatic nitrogens is 2. The van der Waals surface area contributed by atoms with Gasteiger partial charge in [-0.2, -0.15) is 18.3 Å². The van der Waals surface area contributed by atoms with Gasteiger partial charge in [-0.1, -0.05) is 50.6 Å². The van der Waals surface area contributed by atoms with Crippen molar-refractivity contribution in [2.24, 2.45) is 12.5 Å². The monoisotopic (exact) mass is 379 g/mol. The van der Waals surface area contributed by atoms with Crippen molar-refractivity contribution < 1.29 is 18.0 Å². The van der Waals surface area contributed by atoms with E-state index in [-0.39, 0.29) is 5.92 Å². The molecule has 1 aromatic carbocycles. The Bertz CT molecular complexity index is 821. The second kappa shape index (κ2) is 7.02. The van der Waals surface area contributed by atoms with Crippen molar-refractivity contribution in [1.82, 2.24) is 9.78 Å². The summed E-state index contributed by atoms with van der Waals surface area (Å²) < 4.78 is 41.0. The molecule has 0 radical (unpaired) electrons. The maximum Gasteiger partial charge on any atom is 0.394 e. The Morgan fingerprint density at radius 3 is 2.37 bits per heavy atom. The highest BCUT2D eigenvalue weighted by molar-refractivity contribution is 5.92. The summed E-state index contributed by atoms with van der Waals surface area (Å²) in [7, 11) is 1.79. The normalized spacial score (nSPS) is 15.5. The zero-order valence-electron chi connectivity index (χ0n) is 15.7. The largest absolute Gasteiger partial charge is 0.394 e. The first-order chi connectivity index (χ1) is 12.6. The number of benzene rings is 1. The van der Waals surface area contributed by atoms with E-state index in [2.05, 4.69) is 10.4 Å². The average Bonchev–Trinajstić information content (AvgIpc) is 2.80. The van der Waals surface area contributed by atoms with Crippen molar-refractivity contribution in [2.45, 2.75) is 51.6 Å². The molecule has 0 bridgehead atoms. The molecule has 3 rings (SSSR count). The molecule has 1 heterocycles. The molecule has 0 atom stereocenters. The van der Waals surface area contributed by atoms with Gasteiger partial charge in [-0.3, -0.25) is 9.48 Å². The van der Waals surface area contributed by atoms with Gasteiger partial charge in [0.05, 0.1) is 11.1 Å². The van der Waals surface area contributed by atoms with E-state index in [1.807, 2.05) is 30.3 Å². The van der Waals surface area contributed by atoms with E-state index in [1.165, 1.54) is 0 Å². The van der Waals surface area contributed by atoms with Crippen LogP contribution in [0.25, 0.3) is 11.3 Å². The van der Waals surface area contributed by atoms with E-state index in [1.54, 1.807) is 11.7 Å². The van der Waals surface area contributed by atoms with Crippen molar-refractivity contribution in [3.05, 3.63) is 35.9 Å². The highest BCUT2D eigenvalue weighted by atomic mass is 19.4. The molecule has 1 aliphatic rings. The topological polar surface area (TPSA) is 46.9 Å². The summed E-state index contributed by atoms with van der Waals surface area (Å²) in [5, 5.41) is 7.07. The number of amides is 1. The van der Waals surface area contributed by atoms with Gasteiger partial charge in [-0.05, 0) is 18.8 Å². The molecule has 7 heteroatoms. The molecule has 4 nitrogen and oxygen atoms in total. The SMILES string of the molecule is Cn1nc(NC(=O)CC(C)(C)C(F)(F)F)c(C2CCC2)c1-c1ccccc1. The molecular weight excluding hydrogens is 355 g/mol. The standard InChI is InChI=1S/C20H24F3N3O/c1-19(2,20(21,22)23)12-15(27)24-18-16(13-10-7-11-13)17(26(3)25-18)14-8-5-4-6-9-14/h4-6,8-9,13H,7,10-12H2,1-3H3,(H,24,25,27). The second-order valence-corrected chi connectivity index (χ2v) is 7.83. The van der Waals surface area contributed by atoms with E-state index in [4.69, 9.17) is 0 Å². The lowest BCUT2D eigenvalue weighted by Crippen LogP contribution is -2.36. The number of anilines is 1. The average molecular weight is 379 g/mol. The molecule has 1 saturated carbocycles. The minimum absolute atomic E-state index is 0.264. The summed E-state index contributed by atoms with van der Waals surface area (Å²) in [5.74, 6) is -0.0283. The van der Waals surface area contributed by atoms with Crippen LogP contribution in [0.5, 0.6) is 0 Å². The maximum absolute atomic E-state index is 13.1. The van der Waals surface area contributed by atoms with Gasteiger partial charge in [-0.25, -0.2) is 0 Å². The zero-order chi connectivity index (χ0) is 19.8. The number of hydrogen-bond acceptors (Lipinski definition) is 2. The fourth-order valence-corrected chi connectivity index (χ4v) is 3.33. The number of nitrogens with one attached hydrogen (secondary N) is 1. The fourth-order valence-electron chi connectivity index (χ4n) is 3.33. The molecule has 146 valence electrons. The van der Waals surface area contributed by atoms with E-state index >= 15 is 0 Å². The lowest BCUT2D eigenvalue weighted by molar-refractivity contribution is -0.213. The first-order valence-electron chi connectivity index (χ1n) is 9.09. The summed E-state index contributed by atoms with van der Waals surface area (Å²) in [6, 6.07) is 9.72. The first-order valence-corrected chi connectivity index (χ1v) is 9.09. The third-order valence-corrected chi connectivity index (χ3v) is 5.27. The summed E-state index contributed by atoms with van der Waals surface area (Å²) in [4.78, 5) is 12.4. The maximum atomic E-state index is 13.1. The van der Waals surface area contributed by atoms with Gasteiger partial charge in [-0.15, -0.1) is 0 Å². The lowest BCUT2D eigenvalue weighted by Gasteiger charge is -2.28. The lowest BCUT2D eigenvalue weighted by atomic mass is 9.78. The van der Waals surface area contributed by atoms with Crippen molar-refractivity contribution >= 4 is 11.7 Å². The third kappa shape index (κ3) is 3.87. The van der Waals surface area contributed by atoms with Crippen molar-refractivity contribution in [2.75, 3.05) is 5.32 Å². The van der Waals surface area contributed by atoms with Crippen molar-refractivity contribution in [1.29, 1.82) is 0 Å². The molecule has 27 heavy (non-hydrogen) atoms. The number of carbonyl (C=O) groups excluding carboxylic acids is 1. The number of aryl methyl sites for hydroxylation is 1. The molecule has 1 aromatic heterocycles. The molecule has 1 fully saturated rings. The number of carbonyl (C=O) groups is 1. The Kier molecular flexibility index (Phi) is 5.06. The van der Waals surface area contributed by atoms with Crippen molar-refractivity contribution in [3.63, 3.8) is 0 Å². The number of hydrogen-bond donors (Lipinski definition) is 1. The van der Waals surface area contributed by atoms with E-state index < -0.39 is 23.9 Å². The van der Waals surface area contributed by atoms with Crippen molar-refractivity contribution in [3.8, 4) is 11.3 Å². The van der Waals surface area contributed by atoms with Crippen LogP contribution >= 0.6 is 0 Å². The molecule has 0 unspecified atom stereocenters. The van der Waals surface area contributed by atoms with Gasteiger partial charge < -0.3 is 5.32 Å². The van der Waals surface area contributed by atoms with Crippen LogP contribution in [-0.2, 0) is 11.8 Å². The van der Waals surface area contributed by atoms with Gasteiger partial charge in [0.2, 0.25) is 5.91 Å². The summed E-state index contributed by atoms with van der Waals surface area (Å²) in [5.41, 5.74) is 0.717. The van der Waals surface area contributed by atoms with Gasteiger partial charge >= 0.3 is 6.18 Å². The fraction of sp³-hybridized carbons (Fsp3) is 0.500. The Labute approximate surface area is 156 Å². The number of halogens is 3. The van der Waals surface area contributed by atoms with Crippen LogP contribution in [0.2, 0.25) is 0 Å². The Morgan fingerprint density at radius 1 is 1.22 bits per heavy atom. The van der Waals surface area contributed by atoms with Crippen LogP contribution in [0.4, 0.5) is 19.0 Å². The van der Waals surface area contributed by atoms with Crippen LogP contribution in [0.3, 0.4) is 0 Å². The molecule has 1 N–H and O–H groups in total. The minimum atomic E-state index is -4.44. The predicted octanol–water partition coefficient (Wildman–Crippen LogP) is 5.27. The molecule has 0 spiro atoms. The van der Waals surface area contributed by atoms with E-state index in [0.717, 1.165) is 49.9 Å². The summed E-state index contributed by atoms with van der Waals surface area (Å²) in [6.45, 7) is 2.07. The Hall–Kier alpha value is -2.31. The zero-order valence-corrected chi connectivity index (χ0v) is 15.7. The molecule has 1 aliphatic carbocycles. The van der Waals surface area contributed by atoms with Crippen LogP contribution < -0.4 is 5.32 Å². The summed E-state index contributed by atoms with van der Waals surface area (Å²) in [6.07, 6.45) is -2.01. The van der Waals surface area contributed by atoms with Gasteiger partial charge in [0.15, 0.2) is 5.82 Å². The number of alkyl halides is 3. The van der Waals surface area contributed by atoms with Crippen LogP contribution in [-0.4, -0.2) is 21.9 Å². The predicted molar refractivity (Wildman–Crippen MR) is 98.3 cm³/mol. The van der Waals surface area contributed by atoms with Crippen LogP contribution in [0.15, 0.2) is 30.3 Å². The Balaban J connectivity index is 1.91. The van der Waals surface area contributed by atoms with Gasteiger partial charge in [0, 0.05) is 24.6 Å². The molecule has 1 amide bonds. The van der Waals surface area contributed by atoms with Gasteiger partial charge in [0.1, 0.15) is 0 Å². The summed E-state index contributed by atoms with van der Waals surface area (Å²) >= 11 is 0. The smallest absolute Gasteiger partial charge is 0.309 e. The second-order valence-electron chi connectivity index (χ2n) is 7.83. The molecule has 2 aromatic rings. The molecular formula is C20H24F3N3O. The van der Waals surface area contributed by atoms with Gasteiger partial charge in [0.25, 0.3) is 0 Å². The quantitative estimate of drug-likeness (QED) is 0.769. The molecule has 0 aliphatic heterocycles. The van der Waals surface area contributed by atoms with E-state index in [9.17, 15) is 18.0 Å². The molecule has 0 saturated heterocycles. The highest BCUT2D eigenvalue weighted by Crippen LogP contribution is 2.45.